The molecule has 0 bridgehead atoms. The molecule has 0 aromatic rings. The standard InChI is InChI=1S/C12H22O3S/c1-4-11(5-2)10-14-12(15-11)6-8-16(3,13)9-7-12/h3-10H2,1-2H3. The minimum atomic E-state index is -1.86. The van der Waals surface area contributed by atoms with E-state index in [0.717, 1.165) is 25.7 Å². The predicted molar refractivity (Wildman–Crippen MR) is 67.3 cm³/mol. The molecule has 16 heavy (non-hydrogen) atoms. The van der Waals surface area contributed by atoms with E-state index in [4.69, 9.17) is 9.47 Å². The quantitative estimate of drug-likeness (QED) is 0.697. The second-order valence-electron chi connectivity index (χ2n) is 5.07. The summed E-state index contributed by atoms with van der Waals surface area (Å²) in [5.74, 6) is 4.59. The third kappa shape index (κ3) is 2.15. The molecular weight excluding hydrogens is 224 g/mol. The Morgan fingerprint density at radius 1 is 1.25 bits per heavy atom. The van der Waals surface area contributed by atoms with Crippen LogP contribution in [0.4, 0.5) is 0 Å². The first-order valence-corrected chi connectivity index (χ1v) is 8.18. The van der Waals surface area contributed by atoms with E-state index in [1.807, 2.05) is 0 Å². The highest BCUT2D eigenvalue weighted by atomic mass is 32.2. The lowest BCUT2D eigenvalue weighted by molar-refractivity contribution is -0.192. The van der Waals surface area contributed by atoms with Gasteiger partial charge in [0.1, 0.15) is 0 Å². The first-order valence-electron chi connectivity index (χ1n) is 6.12. The molecule has 2 fully saturated rings. The topological polar surface area (TPSA) is 35.5 Å². The van der Waals surface area contributed by atoms with Crippen LogP contribution in [0.1, 0.15) is 39.5 Å². The van der Waals surface area contributed by atoms with E-state index in [9.17, 15) is 4.21 Å². The van der Waals surface area contributed by atoms with E-state index >= 15 is 0 Å². The van der Waals surface area contributed by atoms with Crippen LogP contribution in [0.25, 0.3) is 0 Å². The zero-order valence-corrected chi connectivity index (χ0v) is 11.1. The van der Waals surface area contributed by atoms with Crippen molar-refractivity contribution in [1.82, 2.24) is 0 Å². The Bertz CT molecular complexity index is 340. The molecule has 2 heterocycles. The van der Waals surface area contributed by atoms with Crippen molar-refractivity contribution < 1.29 is 13.7 Å². The van der Waals surface area contributed by atoms with Crippen LogP contribution in [-0.2, 0) is 19.0 Å². The minimum absolute atomic E-state index is 0.112. The summed E-state index contributed by atoms with van der Waals surface area (Å²) in [6, 6.07) is 0. The number of rotatable bonds is 2. The molecule has 0 aromatic heterocycles. The normalized spacial score (nSPS) is 42.6. The Morgan fingerprint density at radius 3 is 2.25 bits per heavy atom. The van der Waals surface area contributed by atoms with Crippen molar-refractivity contribution in [2.75, 3.05) is 18.1 Å². The summed E-state index contributed by atoms with van der Waals surface area (Å²) >= 11 is 0. The average Bonchev–Trinajstić information content (AvgIpc) is 2.64. The van der Waals surface area contributed by atoms with Gasteiger partial charge in [0.25, 0.3) is 0 Å². The number of hydrogen-bond acceptors (Lipinski definition) is 3. The van der Waals surface area contributed by atoms with Crippen molar-refractivity contribution in [3.05, 3.63) is 0 Å². The van der Waals surface area contributed by atoms with Gasteiger partial charge in [0.05, 0.1) is 12.2 Å². The molecule has 0 amide bonds. The Kier molecular flexibility index (Phi) is 3.10. The Balaban J connectivity index is 2.08. The van der Waals surface area contributed by atoms with Crippen LogP contribution in [0, 0.1) is 0 Å². The third-order valence-corrected chi connectivity index (χ3v) is 5.90. The molecule has 1 spiro atoms. The summed E-state index contributed by atoms with van der Waals surface area (Å²) in [5.41, 5.74) is -0.112. The highest BCUT2D eigenvalue weighted by Crippen LogP contribution is 2.42. The first kappa shape index (κ1) is 12.4. The van der Waals surface area contributed by atoms with Gasteiger partial charge in [-0.3, -0.25) is 4.21 Å². The molecule has 0 atom stereocenters. The maximum atomic E-state index is 11.8. The predicted octanol–water partition coefficient (Wildman–Crippen LogP) is 1.80. The molecule has 2 aliphatic heterocycles. The van der Waals surface area contributed by atoms with Crippen molar-refractivity contribution in [1.29, 1.82) is 0 Å². The lowest BCUT2D eigenvalue weighted by atomic mass is 9.99. The summed E-state index contributed by atoms with van der Waals surface area (Å²) in [4.78, 5) is 0. The van der Waals surface area contributed by atoms with Crippen molar-refractivity contribution in [3.8, 4) is 0 Å². The molecule has 94 valence electrons. The molecule has 0 radical (unpaired) electrons. The zero-order valence-electron chi connectivity index (χ0n) is 10.3. The van der Waals surface area contributed by atoms with Crippen LogP contribution >= 0.6 is 0 Å². The smallest absolute Gasteiger partial charge is 0.171 e. The van der Waals surface area contributed by atoms with Crippen LogP contribution < -0.4 is 0 Å². The van der Waals surface area contributed by atoms with Crippen molar-refractivity contribution in [3.63, 3.8) is 0 Å². The monoisotopic (exact) mass is 246 g/mol. The van der Waals surface area contributed by atoms with Gasteiger partial charge in [-0.05, 0) is 28.2 Å². The molecule has 0 aromatic carbocycles. The largest absolute Gasteiger partial charge is 0.347 e. The van der Waals surface area contributed by atoms with E-state index in [0.29, 0.717) is 18.1 Å². The van der Waals surface area contributed by atoms with Crippen molar-refractivity contribution in [2.45, 2.75) is 50.9 Å². The average molecular weight is 246 g/mol. The second-order valence-corrected chi connectivity index (χ2v) is 7.81. The summed E-state index contributed by atoms with van der Waals surface area (Å²) < 4.78 is 23.9. The third-order valence-electron chi connectivity index (χ3n) is 4.00. The maximum absolute atomic E-state index is 11.8. The van der Waals surface area contributed by atoms with Gasteiger partial charge in [0.15, 0.2) is 5.79 Å². The minimum Gasteiger partial charge on any atom is -0.347 e. The maximum Gasteiger partial charge on any atom is 0.171 e. The van der Waals surface area contributed by atoms with Gasteiger partial charge in [-0.25, -0.2) is 0 Å². The van der Waals surface area contributed by atoms with E-state index in [-0.39, 0.29) is 5.60 Å². The SMILES string of the molecule is C=S1(=O)CCC2(CC1)OCC(CC)(CC)O2. The first-order chi connectivity index (χ1) is 7.45. The lowest BCUT2D eigenvalue weighted by Crippen LogP contribution is -2.42. The molecular formula is C12H22O3S. The van der Waals surface area contributed by atoms with Gasteiger partial charge in [-0.15, -0.1) is 0 Å². The van der Waals surface area contributed by atoms with E-state index in [1.54, 1.807) is 0 Å². The van der Waals surface area contributed by atoms with Crippen LogP contribution in [0.5, 0.6) is 0 Å². The fourth-order valence-corrected chi connectivity index (χ4v) is 4.04. The van der Waals surface area contributed by atoms with Gasteiger partial charge in [-0.1, -0.05) is 13.8 Å². The van der Waals surface area contributed by atoms with Gasteiger partial charge in [0.2, 0.25) is 0 Å². The summed E-state index contributed by atoms with van der Waals surface area (Å²) in [5, 5.41) is 0. The molecule has 2 aliphatic rings. The van der Waals surface area contributed by atoms with Crippen molar-refractivity contribution >= 4 is 15.4 Å². The molecule has 2 rings (SSSR count). The molecule has 0 aliphatic carbocycles. The highest BCUT2D eigenvalue weighted by molar-refractivity contribution is 8.00. The zero-order chi connectivity index (χ0) is 11.9. The van der Waals surface area contributed by atoms with Crippen LogP contribution in [-0.4, -0.2) is 39.6 Å². The second kappa shape index (κ2) is 4.00. The number of hydrogen-bond donors (Lipinski definition) is 0. The molecule has 0 N–H and O–H groups in total. The van der Waals surface area contributed by atoms with E-state index < -0.39 is 15.3 Å². The molecule has 4 heteroatoms. The fourth-order valence-electron chi connectivity index (χ4n) is 2.47. The molecule has 2 saturated heterocycles. The Hall–Kier alpha value is -0.0600. The van der Waals surface area contributed by atoms with Gasteiger partial charge < -0.3 is 9.47 Å². The highest BCUT2D eigenvalue weighted by Gasteiger charge is 2.50. The van der Waals surface area contributed by atoms with Crippen molar-refractivity contribution in [2.24, 2.45) is 0 Å². The summed E-state index contributed by atoms with van der Waals surface area (Å²) in [7, 11) is -1.86. The summed E-state index contributed by atoms with van der Waals surface area (Å²) in [6.45, 7) is 4.96. The van der Waals surface area contributed by atoms with Gasteiger partial charge in [0, 0.05) is 24.3 Å². The fraction of sp³-hybridized carbons (Fsp3) is 0.917. The lowest BCUT2D eigenvalue weighted by Gasteiger charge is -2.35. The van der Waals surface area contributed by atoms with Gasteiger partial charge >= 0.3 is 0 Å². The van der Waals surface area contributed by atoms with Crippen LogP contribution in [0.3, 0.4) is 0 Å². The van der Waals surface area contributed by atoms with Crippen LogP contribution in [0.2, 0.25) is 0 Å². The van der Waals surface area contributed by atoms with Crippen LogP contribution in [0.15, 0.2) is 0 Å². The Morgan fingerprint density at radius 2 is 1.81 bits per heavy atom. The van der Waals surface area contributed by atoms with E-state index in [1.165, 1.54) is 0 Å². The molecule has 0 saturated carbocycles. The molecule has 0 unspecified atom stereocenters. The number of ether oxygens (including phenoxy) is 2. The Labute approximate surface area is 98.5 Å². The van der Waals surface area contributed by atoms with E-state index in [2.05, 4.69) is 19.7 Å². The van der Waals surface area contributed by atoms with Gasteiger partial charge in [-0.2, -0.15) is 0 Å². The summed E-state index contributed by atoms with van der Waals surface area (Å²) in [6.07, 6.45) is 3.42. The molecule has 3 nitrogen and oxygen atoms in total.